The number of nitrogens with one attached hydrogen (secondary N) is 1. The summed E-state index contributed by atoms with van der Waals surface area (Å²) in [4.78, 5) is 36.4. The van der Waals surface area contributed by atoms with Gasteiger partial charge in [0.25, 0.3) is 5.91 Å². The largest absolute Gasteiger partial charge is 0.450 e. The molecule has 0 unspecified atom stereocenters. The second kappa shape index (κ2) is 8.89. The van der Waals surface area contributed by atoms with E-state index in [1.165, 1.54) is 11.8 Å². The predicted molar refractivity (Wildman–Crippen MR) is 110 cm³/mol. The highest BCUT2D eigenvalue weighted by Gasteiger charge is 2.26. The molecule has 3 rings (SSSR count). The number of ether oxygens (including phenoxy) is 1. The standard InChI is InChI=1S/C21H27N5O3/c1-5-29-21(28)26-8-6-25(7-9-26)20(27)17-12-23-18(13-22-17)24-19-15(3)10-14(2)11-16(19)4/h10-13H,5-9H2,1-4H3,(H,23,24). The number of piperazine rings is 1. The van der Waals surface area contributed by atoms with Crippen LogP contribution in [-0.2, 0) is 4.74 Å². The second-order valence-electron chi connectivity index (χ2n) is 7.16. The molecule has 8 heteroatoms. The molecule has 1 fully saturated rings. The SMILES string of the molecule is CCOC(=O)N1CCN(C(=O)c2cnc(Nc3c(C)cc(C)cc3C)cn2)CC1. The highest BCUT2D eigenvalue weighted by Crippen LogP contribution is 2.24. The number of nitrogens with zero attached hydrogens (tertiary/aromatic N) is 4. The van der Waals surface area contributed by atoms with Crippen LogP contribution in [0.3, 0.4) is 0 Å². The van der Waals surface area contributed by atoms with E-state index >= 15 is 0 Å². The van der Waals surface area contributed by atoms with Gasteiger partial charge >= 0.3 is 6.09 Å². The van der Waals surface area contributed by atoms with Gasteiger partial charge in [0.2, 0.25) is 0 Å². The van der Waals surface area contributed by atoms with Crippen LogP contribution in [0.4, 0.5) is 16.3 Å². The third-order valence-corrected chi connectivity index (χ3v) is 4.89. The number of benzene rings is 1. The number of anilines is 2. The molecule has 0 radical (unpaired) electrons. The first-order valence-corrected chi connectivity index (χ1v) is 9.77. The molecule has 1 saturated heterocycles. The van der Waals surface area contributed by atoms with E-state index in [-0.39, 0.29) is 17.7 Å². The van der Waals surface area contributed by atoms with Crippen LogP contribution in [0.2, 0.25) is 0 Å². The van der Waals surface area contributed by atoms with Gasteiger partial charge in [0.05, 0.1) is 19.0 Å². The number of aryl methyl sites for hydroxylation is 3. The Morgan fingerprint density at radius 1 is 1.00 bits per heavy atom. The summed E-state index contributed by atoms with van der Waals surface area (Å²) in [5.41, 5.74) is 4.75. The first kappa shape index (κ1) is 20.6. The van der Waals surface area contributed by atoms with Crippen LogP contribution in [0.25, 0.3) is 0 Å². The Morgan fingerprint density at radius 3 is 2.17 bits per heavy atom. The first-order chi connectivity index (χ1) is 13.9. The van der Waals surface area contributed by atoms with Gasteiger partial charge in [-0.25, -0.2) is 14.8 Å². The molecule has 1 N–H and O–H groups in total. The average molecular weight is 397 g/mol. The second-order valence-corrected chi connectivity index (χ2v) is 7.16. The number of carbonyl (C=O) groups excluding carboxylic acids is 2. The summed E-state index contributed by atoms with van der Waals surface area (Å²) in [6.45, 7) is 10.1. The van der Waals surface area contributed by atoms with Crippen LogP contribution in [0, 0.1) is 20.8 Å². The molecule has 8 nitrogen and oxygen atoms in total. The van der Waals surface area contributed by atoms with Gasteiger partial charge < -0.3 is 19.9 Å². The van der Waals surface area contributed by atoms with Gasteiger partial charge in [-0.05, 0) is 38.8 Å². The van der Waals surface area contributed by atoms with Gasteiger partial charge in [-0.2, -0.15) is 0 Å². The highest BCUT2D eigenvalue weighted by molar-refractivity contribution is 5.92. The van der Waals surface area contributed by atoms with Crippen LogP contribution < -0.4 is 5.32 Å². The van der Waals surface area contributed by atoms with Crippen LogP contribution in [0.5, 0.6) is 0 Å². The Hall–Kier alpha value is -3.16. The number of amides is 2. The van der Waals surface area contributed by atoms with Crippen molar-refractivity contribution in [1.29, 1.82) is 0 Å². The molecule has 0 aliphatic carbocycles. The Labute approximate surface area is 170 Å². The van der Waals surface area contributed by atoms with Crippen molar-refractivity contribution in [2.45, 2.75) is 27.7 Å². The fourth-order valence-corrected chi connectivity index (χ4v) is 3.48. The fraction of sp³-hybridized carbons (Fsp3) is 0.429. The Balaban J connectivity index is 1.62. The number of hydrogen-bond donors (Lipinski definition) is 1. The summed E-state index contributed by atoms with van der Waals surface area (Å²) in [5.74, 6) is 0.402. The number of aromatic nitrogens is 2. The lowest BCUT2D eigenvalue weighted by Crippen LogP contribution is -2.50. The van der Waals surface area contributed by atoms with Crippen molar-refractivity contribution in [2.24, 2.45) is 0 Å². The van der Waals surface area contributed by atoms with E-state index in [0.717, 1.165) is 16.8 Å². The molecule has 2 heterocycles. The number of hydrogen-bond acceptors (Lipinski definition) is 6. The monoisotopic (exact) mass is 397 g/mol. The van der Waals surface area contributed by atoms with Crippen LogP contribution in [-0.4, -0.2) is 64.6 Å². The van der Waals surface area contributed by atoms with Crippen molar-refractivity contribution in [3.63, 3.8) is 0 Å². The molecule has 0 bridgehead atoms. The van der Waals surface area contributed by atoms with Crippen molar-refractivity contribution in [3.8, 4) is 0 Å². The molecule has 29 heavy (non-hydrogen) atoms. The quantitative estimate of drug-likeness (QED) is 0.853. The zero-order chi connectivity index (χ0) is 21.0. The molecule has 1 aliphatic rings. The van der Waals surface area contributed by atoms with E-state index in [1.54, 1.807) is 22.9 Å². The molecule has 2 aromatic rings. The summed E-state index contributed by atoms with van der Waals surface area (Å²) in [5, 5.41) is 3.29. The molecule has 2 amide bonds. The predicted octanol–water partition coefficient (Wildman–Crippen LogP) is 3.06. The van der Waals surface area contributed by atoms with Crippen molar-refractivity contribution < 1.29 is 14.3 Å². The lowest BCUT2D eigenvalue weighted by atomic mass is 10.1. The maximum absolute atomic E-state index is 12.7. The van der Waals surface area contributed by atoms with E-state index in [1.807, 2.05) is 13.8 Å². The molecule has 0 spiro atoms. The van der Waals surface area contributed by atoms with Gasteiger partial charge in [-0.3, -0.25) is 4.79 Å². The van der Waals surface area contributed by atoms with Gasteiger partial charge in [-0.15, -0.1) is 0 Å². The number of carbonyl (C=O) groups is 2. The van der Waals surface area contributed by atoms with Crippen LogP contribution >= 0.6 is 0 Å². The maximum Gasteiger partial charge on any atom is 0.409 e. The third kappa shape index (κ3) is 4.82. The van der Waals surface area contributed by atoms with E-state index in [4.69, 9.17) is 4.74 Å². The van der Waals surface area contributed by atoms with E-state index in [9.17, 15) is 9.59 Å². The van der Waals surface area contributed by atoms with Crippen molar-refractivity contribution in [1.82, 2.24) is 19.8 Å². The van der Waals surface area contributed by atoms with Gasteiger partial charge in [0.15, 0.2) is 0 Å². The molecule has 154 valence electrons. The summed E-state index contributed by atoms with van der Waals surface area (Å²) in [6.07, 6.45) is 2.72. The summed E-state index contributed by atoms with van der Waals surface area (Å²) < 4.78 is 5.00. The maximum atomic E-state index is 12.7. The van der Waals surface area contributed by atoms with Gasteiger partial charge in [0.1, 0.15) is 11.5 Å². The van der Waals surface area contributed by atoms with Crippen LogP contribution in [0.15, 0.2) is 24.5 Å². The molecular weight excluding hydrogens is 370 g/mol. The molecule has 0 saturated carbocycles. The smallest absolute Gasteiger partial charge is 0.409 e. The number of rotatable bonds is 4. The van der Waals surface area contributed by atoms with E-state index in [2.05, 4.69) is 34.3 Å². The Bertz CT molecular complexity index is 867. The van der Waals surface area contributed by atoms with Crippen molar-refractivity contribution in [2.75, 3.05) is 38.1 Å². The minimum Gasteiger partial charge on any atom is -0.450 e. The Kier molecular flexibility index (Phi) is 6.31. The summed E-state index contributed by atoms with van der Waals surface area (Å²) >= 11 is 0. The minimum absolute atomic E-state index is 0.185. The minimum atomic E-state index is -0.337. The molecule has 1 aromatic carbocycles. The topological polar surface area (TPSA) is 87.7 Å². The van der Waals surface area contributed by atoms with Gasteiger partial charge in [0, 0.05) is 31.9 Å². The lowest BCUT2D eigenvalue weighted by molar-refractivity contribution is 0.0565. The molecular formula is C21H27N5O3. The Morgan fingerprint density at radius 2 is 1.62 bits per heavy atom. The zero-order valence-electron chi connectivity index (χ0n) is 17.4. The average Bonchev–Trinajstić information content (AvgIpc) is 2.71. The van der Waals surface area contributed by atoms with Gasteiger partial charge in [-0.1, -0.05) is 17.7 Å². The third-order valence-electron chi connectivity index (χ3n) is 4.89. The zero-order valence-corrected chi connectivity index (χ0v) is 17.4. The normalized spacial score (nSPS) is 13.9. The van der Waals surface area contributed by atoms with E-state index in [0.29, 0.717) is 38.6 Å². The molecule has 0 atom stereocenters. The molecule has 1 aromatic heterocycles. The first-order valence-electron chi connectivity index (χ1n) is 9.77. The summed E-state index contributed by atoms with van der Waals surface area (Å²) in [7, 11) is 0. The van der Waals surface area contributed by atoms with E-state index < -0.39 is 0 Å². The van der Waals surface area contributed by atoms with Crippen molar-refractivity contribution in [3.05, 3.63) is 46.9 Å². The van der Waals surface area contributed by atoms with Crippen LogP contribution in [0.1, 0.15) is 34.1 Å². The summed E-state index contributed by atoms with van der Waals surface area (Å²) in [6, 6.07) is 4.22. The molecule has 1 aliphatic heterocycles. The fourth-order valence-electron chi connectivity index (χ4n) is 3.48. The lowest BCUT2D eigenvalue weighted by Gasteiger charge is -2.33. The van der Waals surface area contributed by atoms with Crippen molar-refractivity contribution >= 4 is 23.5 Å². The highest BCUT2D eigenvalue weighted by atomic mass is 16.6.